The van der Waals surface area contributed by atoms with Crippen LogP contribution in [0, 0.1) is 10.8 Å². The Morgan fingerprint density at radius 2 is 1.05 bits per heavy atom. The molecule has 0 aromatic heterocycles. The molecular weight excluding hydrogens is 280 g/mol. The molecule has 0 unspecified atom stereocenters. The predicted molar refractivity (Wildman–Crippen MR) is 88.9 cm³/mol. The van der Waals surface area contributed by atoms with Crippen molar-refractivity contribution >= 4 is 11.9 Å². The molecule has 0 aliphatic heterocycles. The highest BCUT2D eigenvalue weighted by molar-refractivity contribution is 5.73. The molecule has 2 N–H and O–H groups in total. The smallest absolute Gasteiger partial charge is 0.309 e. The lowest BCUT2D eigenvalue weighted by Crippen LogP contribution is -2.23. The van der Waals surface area contributed by atoms with E-state index in [1.807, 2.05) is 0 Å². The van der Waals surface area contributed by atoms with Gasteiger partial charge in [-0.05, 0) is 66.2 Å². The summed E-state index contributed by atoms with van der Waals surface area (Å²) in [5.74, 6) is -1.46. The van der Waals surface area contributed by atoms with Crippen molar-refractivity contribution in [3.05, 3.63) is 12.2 Å². The number of carboxylic acids is 2. The summed E-state index contributed by atoms with van der Waals surface area (Å²) in [6, 6.07) is 0. The van der Waals surface area contributed by atoms with E-state index in [0.29, 0.717) is 12.8 Å². The largest absolute Gasteiger partial charge is 0.481 e. The summed E-state index contributed by atoms with van der Waals surface area (Å²) in [5.41, 5.74) is -1.25. The van der Waals surface area contributed by atoms with Gasteiger partial charge >= 0.3 is 11.9 Å². The van der Waals surface area contributed by atoms with Crippen molar-refractivity contribution in [3.63, 3.8) is 0 Å². The highest BCUT2D eigenvalue weighted by Crippen LogP contribution is 2.24. The van der Waals surface area contributed by atoms with Crippen LogP contribution in [0.25, 0.3) is 0 Å². The van der Waals surface area contributed by atoms with Gasteiger partial charge in [-0.1, -0.05) is 25.0 Å². The first-order valence-electron chi connectivity index (χ1n) is 8.21. The number of aliphatic carboxylic acids is 2. The number of carboxylic acid groups (broad SMARTS) is 2. The fourth-order valence-corrected chi connectivity index (χ4v) is 2.11. The summed E-state index contributed by atoms with van der Waals surface area (Å²) in [5, 5.41) is 18.0. The molecule has 128 valence electrons. The van der Waals surface area contributed by atoms with Gasteiger partial charge in [-0.3, -0.25) is 9.59 Å². The third-order valence-electron chi connectivity index (χ3n) is 4.17. The van der Waals surface area contributed by atoms with Crippen LogP contribution >= 0.6 is 0 Å². The molecule has 0 aromatic rings. The first kappa shape index (κ1) is 20.7. The molecule has 0 aliphatic rings. The second-order valence-corrected chi connectivity index (χ2v) is 7.34. The van der Waals surface area contributed by atoms with E-state index < -0.39 is 22.8 Å². The Morgan fingerprint density at radius 1 is 0.727 bits per heavy atom. The number of carbonyl (C=O) groups is 2. The Balaban J connectivity index is 3.61. The van der Waals surface area contributed by atoms with Gasteiger partial charge in [0.25, 0.3) is 0 Å². The van der Waals surface area contributed by atoms with Crippen molar-refractivity contribution in [1.82, 2.24) is 0 Å². The van der Waals surface area contributed by atoms with Crippen molar-refractivity contribution in [2.75, 3.05) is 0 Å². The first-order chi connectivity index (χ1) is 10.1. The fraction of sp³-hybridized carbons (Fsp3) is 0.778. The van der Waals surface area contributed by atoms with Crippen molar-refractivity contribution in [2.24, 2.45) is 10.8 Å². The van der Waals surface area contributed by atoms with E-state index in [4.69, 9.17) is 10.2 Å². The lowest BCUT2D eigenvalue weighted by Gasteiger charge is -2.18. The highest BCUT2D eigenvalue weighted by atomic mass is 16.4. The van der Waals surface area contributed by atoms with Gasteiger partial charge in [0, 0.05) is 0 Å². The molecule has 0 heterocycles. The topological polar surface area (TPSA) is 74.6 Å². The number of allylic oxidation sites excluding steroid dienone is 2. The molecule has 0 saturated heterocycles. The zero-order valence-corrected chi connectivity index (χ0v) is 14.5. The number of hydrogen-bond acceptors (Lipinski definition) is 2. The fourth-order valence-electron chi connectivity index (χ4n) is 2.11. The van der Waals surface area contributed by atoms with Crippen LogP contribution in [0.5, 0.6) is 0 Å². The minimum Gasteiger partial charge on any atom is -0.481 e. The van der Waals surface area contributed by atoms with Gasteiger partial charge in [-0.2, -0.15) is 0 Å². The molecule has 4 nitrogen and oxygen atoms in total. The maximum atomic E-state index is 10.9. The molecule has 0 spiro atoms. The van der Waals surface area contributed by atoms with Crippen LogP contribution in [-0.2, 0) is 9.59 Å². The minimum atomic E-state index is -0.729. The number of unbranched alkanes of at least 4 members (excludes halogenated alkanes) is 4. The SMILES string of the molecule is CC(C)(CCCC/C=C\CCCCC(C)(C)C(=O)O)C(=O)O. The maximum absolute atomic E-state index is 10.9. The van der Waals surface area contributed by atoms with Crippen LogP contribution in [0.3, 0.4) is 0 Å². The Labute approximate surface area is 134 Å². The molecule has 0 amide bonds. The zero-order valence-electron chi connectivity index (χ0n) is 14.5. The summed E-state index contributed by atoms with van der Waals surface area (Å²) >= 11 is 0. The molecule has 0 radical (unpaired) electrons. The quantitative estimate of drug-likeness (QED) is 0.397. The van der Waals surface area contributed by atoms with E-state index >= 15 is 0 Å². The summed E-state index contributed by atoms with van der Waals surface area (Å²) < 4.78 is 0. The van der Waals surface area contributed by atoms with E-state index in [9.17, 15) is 9.59 Å². The van der Waals surface area contributed by atoms with Crippen molar-refractivity contribution in [1.29, 1.82) is 0 Å². The van der Waals surface area contributed by atoms with E-state index in [2.05, 4.69) is 12.2 Å². The molecule has 0 aromatic carbocycles. The number of hydrogen-bond donors (Lipinski definition) is 2. The summed E-state index contributed by atoms with van der Waals surface area (Å²) in [7, 11) is 0. The van der Waals surface area contributed by atoms with Gasteiger partial charge in [-0.15, -0.1) is 0 Å². The second-order valence-electron chi connectivity index (χ2n) is 7.34. The summed E-state index contributed by atoms with van der Waals surface area (Å²) in [6.45, 7) is 7.07. The first-order valence-corrected chi connectivity index (χ1v) is 8.21. The van der Waals surface area contributed by atoms with Crippen molar-refractivity contribution in [3.8, 4) is 0 Å². The summed E-state index contributed by atoms with van der Waals surface area (Å²) in [4.78, 5) is 21.9. The van der Waals surface area contributed by atoms with Crippen LogP contribution in [0.4, 0.5) is 0 Å². The van der Waals surface area contributed by atoms with Crippen LogP contribution in [-0.4, -0.2) is 22.2 Å². The summed E-state index contributed by atoms with van der Waals surface area (Å²) in [6.07, 6.45) is 11.6. The van der Waals surface area contributed by atoms with Crippen LogP contribution < -0.4 is 0 Å². The van der Waals surface area contributed by atoms with E-state index in [0.717, 1.165) is 38.5 Å². The third kappa shape index (κ3) is 8.85. The van der Waals surface area contributed by atoms with Crippen LogP contribution in [0.1, 0.15) is 79.1 Å². The average Bonchev–Trinajstić information content (AvgIpc) is 2.40. The maximum Gasteiger partial charge on any atom is 0.309 e. The third-order valence-corrected chi connectivity index (χ3v) is 4.17. The van der Waals surface area contributed by atoms with Gasteiger partial charge in [0.2, 0.25) is 0 Å². The van der Waals surface area contributed by atoms with Gasteiger partial charge < -0.3 is 10.2 Å². The van der Waals surface area contributed by atoms with E-state index in [1.54, 1.807) is 27.7 Å². The Bertz CT molecular complexity index is 345. The normalized spacial score (nSPS) is 12.7. The standard InChI is InChI=1S/C18H32O4/c1-17(2,15(19)20)13-11-9-7-5-6-8-10-12-14-18(3,4)16(21)22/h5-6H,7-14H2,1-4H3,(H,19,20)(H,21,22)/b6-5-. The van der Waals surface area contributed by atoms with Crippen LogP contribution in [0.15, 0.2) is 12.2 Å². The second kappa shape index (κ2) is 9.65. The number of rotatable bonds is 12. The zero-order chi connectivity index (χ0) is 17.2. The molecule has 4 heteroatoms. The molecule has 0 atom stereocenters. The van der Waals surface area contributed by atoms with Gasteiger partial charge in [-0.25, -0.2) is 0 Å². The molecular formula is C18H32O4. The molecule has 22 heavy (non-hydrogen) atoms. The minimum absolute atomic E-state index is 0.624. The van der Waals surface area contributed by atoms with Gasteiger partial charge in [0.1, 0.15) is 0 Å². The van der Waals surface area contributed by atoms with Gasteiger partial charge in [0.15, 0.2) is 0 Å². The Kier molecular flexibility index (Phi) is 9.07. The molecule has 0 aliphatic carbocycles. The molecule has 0 saturated carbocycles. The molecule has 0 fully saturated rings. The lowest BCUT2D eigenvalue weighted by molar-refractivity contribution is -0.148. The Morgan fingerprint density at radius 3 is 1.32 bits per heavy atom. The van der Waals surface area contributed by atoms with Gasteiger partial charge in [0.05, 0.1) is 10.8 Å². The average molecular weight is 312 g/mol. The van der Waals surface area contributed by atoms with E-state index in [1.165, 1.54) is 0 Å². The van der Waals surface area contributed by atoms with Crippen molar-refractivity contribution in [2.45, 2.75) is 79.1 Å². The van der Waals surface area contributed by atoms with Crippen LogP contribution in [0.2, 0.25) is 0 Å². The predicted octanol–water partition coefficient (Wildman–Crippen LogP) is 4.89. The molecule has 0 rings (SSSR count). The Hall–Kier alpha value is -1.32. The van der Waals surface area contributed by atoms with Crippen molar-refractivity contribution < 1.29 is 19.8 Å². The monoisotopic (exact) mass is 312 g/mol. The lowest BCUT2D eigenvalue weighted by atomic mass is 9.87. The molecule has 0 bridgehead atoms. The highest BCUT2D eigenvalue weighted by Gasteiger charge is 2.26. The van der Waals surface area contributed by atoms with E-state index in [-0.39, 0.29) is 0 Å².